The summed E-state index contributed by atoms with van der Waals surface area (Å²) < 4.78 is 5.10. The Bertz CT molecular complexity index is 345. The summed E-state index contributed by atoms with van der Waals surface area (Å²) in [5, 5.41) is 10.1. The van der Waals surface area contributed by atoms with Gasteiger partial charge in [0.15, 0.2) is 0 Å². The first-order valence-electron chi connectivity index (χ1n) is 3.89. The van der Waals surface area contributed by atoms with E-state index in [4.69, 9.17) is 16.3 Å². The first-order chi connectivity index (χ1) is 6.24. The van der Waals surface area contributed by atoms with Gasteiger partial charge in [-0.15, -0.1) is 11.8 Å². The van der Waals surface area contributed by atoms with Gasteiger partial charge in [0.05, 0.1) is 11.6 Å². The average Bonchev–Trinajstić information content (AvgIpc) is 2.48. The van der Waals surface area contributed by atoms with Crippen LogP contribution in [-0.4, -0.2) is 18.4 Å². The number of hydrogen-bond acceptors (Lipinski definition) is 3. The lowest BCUT2D eigenvalue weighted by molar-refractivity contribution is 0.274. The molecule has 2 nitrogen and oxygen atoms in total. The Hall–Kier alpha value is -0.155. The van der Waals surface area contributed by atoms with Crippen LogP contribution in [0, 0.1) is 0 Å². The van der Waals surface area contributed by atoms with Gasteiger partial charge < -0.3 is 9.68 Å². The highest BCUT2D eigenvalue weighted by atomic mass is 35.5. The minimum atomic E-state index is -0.779. The van der Waals surface area contributed by atoms with Crippen molar-refractivity contribution in [3.8, 4) is 0 Å². The Kier molecular flexibility index (Phi) is 2.56. The molecule has 0 fully saturated rings. The minimum Gasteiger partial charge on any atom is -0.423 e. The molecule has 1 aromatic carbocycles. The van der Waals surface area contributed by atoms with E-state index in [2.05, 4.69) is 0 Å². The topological polar surface area (TPSA) is 29.5 Å². The van der Waals surface area contributed by atoms with Gasteiger partial charge in [0.2, 0.25) is 0 Å². The summed E-state index contributed by atoms with van der Waals surface area (Å²) in [6.45, 7) is 0.452. The van der Waals surface area contributed by atoms with Crippen LogP contribution in [0.1, 0.15) is 5.56 Å². The van der Waals surface area contributed by atoms with E-state index in [1.165, 1.54) is 0 Å². The van der Waals surface area contributed by atoms with Gasteiger partial charge >= 0.3 is 7.12 Å². The number of halogens is 1. The molecule has 1 aliphatic rings. The smallest absolute Gasteiger partial charge is 0.423 e. The van der Waals surface area contributed by atoms with Crippen molar-refractivity contribution >= 4 is 35.9 Å². The molecular formula is C8H8BClO2S. The first-order valence-corrected chi connectivity index (χ1v) is 5.49. The van der Waals surface area contributed by atoms with Gasteiger partial charge in [-0.25, -0.2) is 0 Å². The third-order valence-corrected chi connectivity index (χ3v) is 3.41. The van der Waals surface area contributed by atoms with Gasteiger partial charge in [-0.05, 0) is 23.3 Å². The van der Waals surface area contributed by atoms with Crippen molar-refractivity contribution in [2.24, 2.45) is 0 Å². The van der Waals surface area contributed by atoms with Crippen LogP contribution < -0.4 is 5.46 Å². The Morgan fingerprint density at radius 3 is 3.08 bits per heavy atom. The van der Waals surface area contributed by atoms with E-state index >= 15 is 0 Å². The minimum absolute atomic E-state index is 0.452. The Morgan fingerprint density at radius 2 is 2.38 bits per heavy atom. The molecule has 1 N–H and O–H groups in total. The molecule has 0 unspecified atom stereocenters. The number of thioether (sulfide) groups is 1. The van der Waals surface area contributed by atoms with E-state index in [0.717, 1.165) is 20.9 Å². The molecule has 0 saturated carbocycles. The average molecular weight is 214 g/mol. The summed E-state index contributed by atoms with van der Waals surface area (Å²) in [4.78, 5) is 1.01. The van der Waals surface area contributed by atoms with Crippen molar-refractivity contribution in [2.45, 2.75) is 11.5 Å². The van der Waals surface area contributed by atoms with Crippen LogP contribution in [0.15, 0.2) is 17.0 Å². The van der Waals surface area contributed by atoms with Crippen LogP contribution in [0.4, 0.5) is 0 Å². The van der Waals surface area contributed by atoms with Crippen molar-refractivity contribution in [1.29, 1.82) is 0 Å². The van der Waals surface area contributed by atoms with Crippen LogP contribution in [0.5, 0.6) is 0 Å². The molecule has 1 heterocycles. The van der Waals surface area contributed by atoms with Gasteiger partial charge in [-0.1, -0.05) is 17.7 Å². The predicted octanol–water partition coefficient (Wildman–Crippen LogP) is 1.28. The molecule has 0 aromatic heterocycles. The van der Waals surface area contributed by atoms with Gasteiger partial charge in [-0.2, -0.15) is 0 Å². The zero-order chi connectivity index (χ0) is 9.42. The summed E-state index contributed by atoms with van der Waals surface area (Å²) in [7, 11) is -0.779. The van der Waals surface area contributed by atoms with Gasteiger partial charge in [0.25, 0.3) is 0 Å². The first kappa shape index (κ1) is 9.40. The normalized spacial score (nSPS) is 14.8. The molecule has 0 bridgehead atoms. The lowest BCUT2D eigenvalue weighted by Crippen LogP contribution is -2.28. The van der Waals surface area contributed by atoms with E-state index < -0.39 is 7.12 Å². The molecule has 1 aromatic rings. The van der Waals surface area contributed by atoms with Gasteiger partial charge in [0.1, 0.15) is 0 Å². The van der Waals surface area contributed by atoms with E-state index in [9.17, 15) is 5.02 Å². The van der Waals surface area contributed by atoms with Gasteiger partial charge in [0, 0.05) is 4.90 Å². The van der Waals surface area contributed by atoms with E-state index in [0.29, 0.717) is 6.61 Å². The molecule has 1 aliphatic heterocycles. The van der Waals surface area contributed by atoms with Crippen LogP contribution in [0.25, 0.3) is 0 Å². The van der Waals surface area contributed by atoms with Crippen molar-refractivity contribution in [2.75, 3.05) is 6.26 Å². The highest BCUT2D eigenvalue weighted by molar-refractivity contribution is 7.98. The summed E-state index contributed by atoms with van der Waals surface area (Å²) in [6.07, 6.45) is 1.96. The fourth-order valence-electron chi connectivity index (χ4n) is 1.47. The molecule has 2 rings (SSSR count). The predicted molar refractivity (Wildman–Crippen MR) is 55.6 cm³/mol. The van der Waals surface area contributed by atoms with E-state index in [1.807, 2.05) is 12.3 Å². The maximum Gasteiger partial charge on any atom is 0.491 e. The monoisotopic (exact) mass is 214 g/mol. The molecule has 68 valence electrons. The Labute approximate surface area is 86.4 Å². The largest absolute Gasteiger partial charge is 0.491 e. The van der Waals surface area contributed by atoms with E-state index in [-0.39, 0.29) is 0 Å². The second-order valence-electron chi connectivity index (χ2n) is 2.81. The van der Waals surface area contributed by atoms with E-state index in [1.54, 1.807) is 17.8 Å². The van der Waals surface area contributed by atoms with Crippen molar-refractivity contribution in [3.05, 3.63) is 22.7 Å². The molecule has 0 saturated heterocycles. The number of hydrogen-bond donors (Lipinski definition) is 1. The molecule has 5 heteroatoms. The summed E-state index contributed by atoms with van der Waals surface area (Å²) >= 11 is 7.58. The summed E-state index contributed by atoms with van der Waals surface area (Å²) in [6, 6.07) is 3.61. The zero-order valence-electron chi connectivity index (χ0n) is 7.08. The Balaban J connectivity index is 2.57. The van der Waals surface area contributed by atoms with Crippen molar-refractivity contribution < 1.29 is 9.68 Å². The standard InChI is InChI=1S/C8H8BClO2S/c1-13-8-5-4-12-9(11)6(5)2-3-7(8)10/h2-3,11H,4H2,1H3. The fraction of sp³-hybridized carbons (Fsp3) is 0.250. The molecule has 0 spiro atoms. The number of benzene rings is 1. The molecular weight excluding hydrogens is 206 g/mol. The third-order valence-electron chi connectivity index (χ3n) is 2.10. The molecule has 0 radical (unpaired) electrons. The maximum atomic E-state index is 9.42. The fourth-order valence-corrected chi connectivity index (χ4v) is 2.56. The zero-order valence-corrected chi connectivity index (χ0v) is 8.65. The molecule has 13 heavy (non-hydrogen) atoms. The molecule has 0 atom stereocenters. The van der Waals surface area contributed by atoms with Crippen LogP contribution >= 0.6 is 23.4 Å². The van der Waals surface area contributed by atoms with Crippen LogP contribution in [0.3, 0.4) is 0 Å². The number of fused-ring (bicyclic) bond motifs is 1. The third kappa shape index (κ3) is 1.48. The highest BCUT2D eigenvalue weighted by Crippen LogP contribution is 2.30. The maximum absolute atomic E-state index is 9.42. The highest BCUT2D eigenvalue weighted by Gasteiger charge is 2.29. The number of rotatable bonds is 1. The van der Waals surface area contributed by atoms with Crippen LogP contribution in [0.2, 0.25) is 5.02 Å². The second kappa shape index (κ2) is 3.54. The lowest BCUT2D eigenvalue weighted by atomic mass is 9.80. The van der Waals surface area contributed by atoms with Gasteiger partial charge in [-0.3, -0.25) is 0 Å². The van der Waals surface area contributed by atoms with Crippen molar-refractivity contribution in [1.82, 2.24) is 0 Å². The van der Waals surface area contributed by atoms with Crippen LogP contribution in [-0.2, 0) is 11.3 Å². The summed E-state index contributed by atoms with van der Waals surface area (Å²) in [5.41, 5.74) is 1.86. The second-order valence-corrected chi connectivity index (χ2v) is 4.04. The summed E-state index contributed by atoms with van der Waals surface area (Å²) in [5.74, 6) is 0. The molecule has 0 amide bonds. The molecule has 0 aliphatic carbocycles. The Morgan fingerprint density at radius 1 is 1.62 bits per heavy atom. The SMILES string of the molecule is CSc1c(Cl)ccc2c1COB2O. The quantitative estimate of drug-likeness (QED) is 0.564. The lowest BCUT2D eigenvalue weighted by Gasteiger charge is -2.06. The van der Waals surface area contributed by atoms with Crippen molar-refractivity contribution in [3.63, 3.8) is 0 Å².